The summed E-state index contributed by atoms with van der Waals surface area (Å²) in [4.78, 5) is 7.81. The van der Waals surface area contributed by atoms with Crippen LogP contribution in [-0.4, -0.2) is 20.7 Å². The van der Waals surface area contributed by atoms with Crippen LogP contribution >= 0.6 is 0 Å². The molecule has 0 fully saturated rings. The van der Waals surface area contributed by atoms with E-state index in [1.807, 2.05) is 17.8 Å². The van der Waals surface area contributed by atoms with Crippen LogP contribution in [0.4, 0.5) is 0 Å². The van der Waals surface area contributed by atoms with Crippen molar-refractivity contribution in [2.45, 2.75) is 6.54 Å². The van der Waals surface area contributed by atoms with E-state index >= 15 is 0 Å². The first-order valence-electron chi connectivity index (χ1n) is 3.40. The van der Waals surface area contributed by atoms with Gasteiger partial charge in [0.25, 0.3) is 0 Å². The van der Waals surface area contributed by atoms with Crippen molar-refractivity contribution < 1.29 is 5.21 Å². The molecule has 0 saturated carbocycles. The summed E-state index contributed by atoms with van der Waals surface area (Å²) in [6, 6.07) is 0. The van der Waals surface area contributed by atoms with Gasteiger partial charge < -0.3 is 10.3 Å². The number of imidazole rings is 1. The van der Waals surface area contributed by atoms with Crippen LogP contribution in [0, 0.1) is 0 Å². The minimum atomic E-state index is -0.0157. The first-order chi connectivity index (χ1) is 5.74. The Bertz CT molecular complexity index is 279. The molecule has 0 atom stereocenters. The second-order valence-corrected chi connectivity index (χ2v) is 2.27. The topological polar surface area (TPSA) is 88.5 Å². The fourth-order valence-corrected chi connectivity index (χ4v) is 0.740. The van der Waals surface area contributed by atoms with E-state index in [9.17, 15) is 0 Å². The Kier molecular flexibility index (Phi) is 2.65. The van der Waals surface area contributed by atoms with Crippen molar-refractivity contribution in [1.29, 1.82) is 0 Å². The largest absolute Gasteiger partial charge is 0.368 e. The molecular weight excluding hydrogens is 158 g/mol. The molecule has 1 heterocycles. The van der Waals surface area contributed by atoms with Crippen molar-refractivity contribution in [3.05, 3.63) is 18.2 Å². The predicted molar refractivity (Wildman–Crippen MR) is 43.5 cm³/mol. The van der Waals surface area contributed by atoms with E-state index in [1.165, 1.54) is 0 Å². The molecule has 0 aliphatic rings. The smallest absolute Gasteiger partial charge is 0.213 e. The molecule has 6 heteroatoms. The summed E-state index contributed by atoms with van der Waals surface area (Å²) in [6.45, 7) is 0.350. The maximum atomic E-state index is 8.30. The Balaban J connectivity index is 2.59. The minimum absolute atomic E-state index is 0.0157. The zero-order valence-electron chi connectivity index (χ0n) is 6.73. The van der Waals surface area contributed by atoms with E-state index < -0.39 is 0 Å². The number of hydrogen-bond donors (Lipinski definition) is 3. The number of hydroxylamine groups is 1. The lowest BCUT2D eigenvalue weighted by atomic mass is 10.6. The first kappa shape index (κ1) is 8.54. The summed E-state index contributed by atoms with van der Waals surface area (Å²) in [5, 5.41) is 8.30. The fraction of sp³-hybridized carbons (Fsp3) is 0.333. The highest BCUT2D eigenvalue weighted by Gasteiger charge is 1.96. The molecule has 1 rings (SSSR count). The van der Waals surface area contributed by atoms with Crippen LogP contribution in [0.3, 0.4) is 0 Å². The molecular formula is C6H11N5O. The lowest BCUT2D eigenvalue weighted by Crippen LogP contribution is -2.28. The SMILES string of the molecule is Cn1ccnc1CN=C(N)NO. The van der Waals surface area contributed by atoms with Crippen molar-refractivity contribution >= 4 is 5.96 Å². The summed E-state index contributed by atoms with van der Waals surface area (Å²) >= 11 is 0. The van der Waals surface area contributed by atoms with Gasteiger partial charge in [0.15, 0.2) is 0 Å². The number of aliphatic imine (C=N–C) groups is 1. The maximum Gasteiger partial charge on any atom is 0.213 e. The van der Waals surface area contributed by atoms with Crippen molar-refractivity contribution in [2.24, 2.45) is 17.8 Å². The van der Waals surface area contributed by atoms with Crippen molar-refractivity contribution in [3.63, 3.8) is 0 Å². The second-order valence-electron chi connectivity index (χ2n) is 2.27. The number of hydrogen-bond acceptors (Lipinski definition) is 3. The molecule has 0 aromatic carbocycles. The van der Waals surface area contributed by atoms with Crippen LogP contribution < -0.4 is 11.2 Å². The van der Waals surface area contributed by atoms with E-state index in [4.69, 9.17) is 10.9 Å². The fourth-order valence-electron chi connectivity index (χ4n) is 0.740. The summed E-state index contributed by atoms with van der Waals surface area (Å²) < 4.78 is 1.83. The molecule has 0 amide bonds. The van der Waals surface area contributed by atoms with Crippen molar-refractivity contribution in [2.75, 3.05) is 0 Å². The molecule has 1 aromatic rings. The highest BCUT2D eigenvalue weighted by molar-refractivity contribution is 5.76. The molecule has 0 spiro atoms. The molecule has 6 nitrogen and oxygen atoms in total. The lowest BCUT2D eigenvalue weighted by Gasteiger charge is -1.98. The number of nitrogens with zero attached hydrogens (tertiary/aromatic N) is 3. The van der Waals surface area contributed by atoms with Crippen LogP contribution in [-0.2, 0) is 13.6 Å². The highest BCUT2D eigenvalue weighted by atomic mass is 16.5. The monoisotopic (exact) mass is 169 g/mol. The van der Waals surface area contributed by atoms with Crippen LogP contribution in [0.5, 0.6) is 0 Å². The van der Waals surface area contributed by atoms with Gasteiger partial charge >= 0.3 is 0 Å². The summed E-state index contributed by atoms with van der Waals surface area (Å²) in [6.07, 6.45) is 3.49. The van der Waals surface area contributed by atoms with E-state index in [1.54, 1.807) is 11.7 Å². The van der Waals surface area contributed by atoms with Crippen molar-refractivity contribution in [3.8, 4) is 0 Å². The number of nitrogens with one attached hydrogen (secondary N) is 1. The van der Waals surface area contributed by atoms with Gasteiger partial charge in [0.05, 0.1) is 0 Å². The Labute approximate surface area is 69.7 Å². The van der Waals surface area contributed by atoms with E-state index in [0.29, 0.717) is 6.54 Å². The average molecular weight is 169 g/mol. The molecule has 0 unspecified atom stereocenters. The summed E-state index contributed by atoms with van der Waals surface area (Å²) in [7, 11) is 1.86. The third-order valence-electron chi connectivity index (χ3n) is 1.43. The number of aryl methyl sites for hydroxylation is 1. The second kappa shape index (κ2) is 3.72. The van der Waals surface area contributed by atoms with E-state index in [-0.39, 0.29) is 5.96 Å². The van der Waals surface area contributed by atoms with Crippen LogP contribution in [0.15, 0.2) is 17.4 Å². The zero-order valence-corrected chi connectivity index (χ0v) is 6.73. The standard InChI is InChI=1S/C6H11N5O/c1-11-3-2-8-5(11)4-9-6(7)10-12/h2-3,12H,4H2,1H3,(H3,7,9,10). The van der Waals surface area contributed by atoms with Gasteiger partial charge in [0.1, 0.15) is 12.4 Å². The molecule has 0 aliphatic heterocycles. The van der Waals surface area contributed by atoms with Gasteiger partial charge in [0, 0.05) is 19.4 Å². The number of guanidine groups is 1. The van der Waals surface area contributed by atoms with Crippen LogP contribution in [0.25, 0.3) is 0 Å². The molecule has 0 aliphatic carbocycles. The van der Waals surface area contributed by atoms with E-state index in [2.05, 4.69) is 9.98 Å². The number of rotatable bonds is 2. The van der Waals surface area contributed by atoms with Gasteiger partial charge in [-0.1, -0.05) is 0 Å². The first-order valence-corrected chi connectivity index (χ1v) is 3.40. The molecule has 4 N–H and O–H groups in total. The third-order valence-corrected chi connectivity index (χ3v) is 1.43. The van der Waals surface area contributed by atoms with Gasteiger partial charge in [-0.3, -0.25) is 5.21 Å². The van der Waals surface area contributed by atoms with Gasteiger partial charge in [0.2, 0.25) is 5.96 Å². The normalized spacial score (nSPS) is 11.7. The van der Waals surface area contributed by atoms with Gasteiger partial charge in [-0.25, -0.2) is 15.5 Å². The van der Waals surface area contributed by atoms with Crippen molar-refractivity contribution in [1.82, 2.24) is 15.0 Å². The molecule has 12 heavy (non-hydrogen) atoms. The van der Waals surface area contributed by atoms with Gasteiger partial charge in [-0.15, -0.1) is 0 Å². The number of nitrogens with two attached hydrogens (primary N) is 1. The Hall–Kier alpha value is -1.56. The predicted octanol–water partition coefficient (Wildman–Crippen LogP) is -0.786. The molecule has 0 bridgehead atoms. The Morgan fingerprint density at radius 2 is 2.67 bits per heavy atom. The third kappa shape index (κ3) is 1.96. The Morgan fingerprint density at radius 3 is 3.17 bits per heavy atom. The highest BCUT2D eigenvalue weighted by Crippen LogP contribution is 1.95. The minimum Gasteiger partial charge on any atom is -0.368 e. The molecule has 0 saturated heterocycles. The van der Waals surface area contributed by atoms with Gasteiger partial charge in [-0.05, 0) is 0 Å². The molecule has 0 radical (unpaired) electrons. The average Bonchev–Trinajstić information content (AvgIpc) is 2.47. The zero-order chi connectivity index (χ0) is 8.97. The van der Waals surface area contributed by atoms with Crippen LogP contribution in [0.2, 0.25) is 0 Å². The summed E-state index contributed by atoms with van der Waals surface area (Å²) in [5.74, 6) is 0.770. The lowest BCUT2D eigenvalue weighted by molar-refractivity contribution is 0.232. The molecule has 66 valence electrons. The van der Waals surface area contributed by atoms with Gasteiger partial charge in [-0.2, -0.15) is 0 Å². The maximum absolute atomic E-state index is 8.30. The van der Waals surface area contributed by atoms with E-state index in [0.717, 1.165) is 5.82 Å². The summed E-state index contributed by atoms with van der Waals surface area (Å²) in [5.41, 5.74) is 6.93. The van der Waals surface area contributed by atoms with Crippen LogP contribution in [0.1, 0.15) is 5.82 Å². The Morgan fingerprint density at radius 1 is 1.92 bits per heavy atom. The quantitative estimate of drug-likeness (QED) is 0.307. The number of aromatic nitrogens is 2. The molecule has 1 aromatic heterocycles.